The molecule has 2 aromatic heterocycles. The molecule has 2 fully saturated rings. The van der Waals surface area contributed by atoms with Crippen LogP contribution in [0, 0.1) is 6.92 Å². The van der Waals surface area contributed by atoms with E-state index >= 15 is 0 Å². The molecule has 0 spiro atoms. The van der Waals surface area contributed by atoms with Gasteiger partial charge in [-0.05, 0) is 44.7 Å². The highest BCUT2D eigenvalue weighted by molar-refractivity contribution is 5.71. The summed E-state index contributed by atoms with van der Waals surface area (Å²) in [6.07, 6.45) is 6.98. The first kappa shape index (κ1) is 10.5. The van der Waals surface area contributed by atoms with Gasteiger partial charge in [0.15, 0.2) is 5.65 Å². The maximum atomic E-state index is 4.64. The van der Waals surface area contributed by atoms with Gasteiger partial charge in [0.2, 0.25) is 0 Å². The maximum Gasteiger partial charge on any atom is 0.160 e. The molecule has 1 N–H and O–H groups in total. The van der Waals surface area contributed by atoms with Gasteiger partial charge in [0, 0.05) is 24.3 Å². The number of pyridine rings is 1. The molecule has 2 saturated heterocycles. The molecule has 4 heterocycles. The van der Waals surface area contributed by atoms with Crippen LogP contribution in [0.4, 0.5) is 0 Å². The molecule has 0 aliphatic carbocycles. The van der Waals surface area contributed by atoms with Crippen molar-refractivity contribution in [1.82, 2.24) is 19.9 Å². The van der Waals surface area contributed by atoms with Crippen LogP contribution in [0.15, 0.2) is 18.3 Å². The van der Waals surface area contributed by atoms with Crippen molar-refractivity contribution in [3.8, 4) is 0 Å². The fourth-order valence-corrected chi connectivity index (χ4v) is 3.72. The molecule has 2 aliphatic heterocycles. The molecule has 0 amide bonds. The van der Waals surface area contributed by atoms with Crippen molar-refractivity contribution in [2.24, 2.45) is 0 Å². The van der Waals surface area contributed by atoms with E-state index in [4.69, 9.17) is 0 Å². The molecule has 4 nitrogen and oxygen atoms in total. The Labute approximate surface area is 106 Å². The normalized spacial score (nSPS) is 31.1. The second-order valence-electron chi connectivity index (χ2n) is 5.64. The average molecular weight is 242 g/mol. The topological polar surface area (TPSA) is 42.7 Å². The van der Waals surface area contributed by atoms with Gasteiger partial charge in [0.05, 0.1) is 0 Å². The van der Waals surface area contributed by atoms with Crippen LogP contribution in [-0.4, -0.2) is 26.6 Å². The minimum absolute atomic E-state index is 0.573. The second kappa shape index (κ2) is 3.79. The van der Waals surface area contributed by atoms with Crippen LogP contribution in [0.25, 0.3) is 11.2 Å². The summed E-state index contributed by atoms with van der Waals surface area (Å²) in [6, 6.07) is 6.00. The molecule has 4 heteroatoms. The van der Waals surface area contributed by atoms with E-state index in [2.05, 4.69) is 32.8 Å². The number of nitrogens with one attached hydrogen (secondary N) is 1. The first-order valence-electron chi connectivity index (χ1n) is 6.87. The third-order valence-corrected chi connectivity index (χ3v) is 4.44. The second-order valence-corrected chi connectivity index (χ2v) is 5.64. The molecular formula is C14H18N4. The lowest BCUT2D eigenvalue weighted by atomic mass is 9.99. The summed E-state index contributed by atoms with van der Waals surface area (Å²) in [5.41, 5.74) is 2.09. The molecule has 2 aromatic rings. The van der Waals surface area contributed by atoms with E-state index in [1.807, 2.05) is 12.3 Å². The van der Waals surface area contributed by atoms with E-state index in [0.29, 0.717) is 18.1 Å². The van der Waals surface area contributed by atoms with Crippen LogP contribution in [0.2, 0.25) is 0 Å². The Bertz CT molecular complexity index is 576. The molecule has 94 valence electrons. The van der Waals surface area contributed by atoms with Gasteiger partial charge in [0.25, 0.3) is 0 Å². The first-order valence-corrected chi connectivity index (χ1v) is 6.87. The molecule has 4 rings (SSSR count). The van der Waals surface area contributed by atoms with Gasteiger partial charge in [0.1, 0.15) is 11.3 Å². The molecular weight excluding hydrogens is 224 g/mol. The molecule has 0 aromatic carbocycles. The predicted octanol–water partition coefficient (Wildman–Crippen LogP) is 2.20. The van der Waals surface area contributed by atoms with Crippen LogP contribution in [0.5, 0.6) is 0 Å². The van der Waals surface area contributed by atoms with Crippen LogP contribution in [0.3, 0.4) is 0 Å². The van der Waals surface area contributed by atoms with Crippen molar-refractivity contribution >= 4 is 11.2 Å². The van der Waals surface area contributed by atoms with Gasteiger partial charge in [-0.15, -0.1) is 0 Å². The Kier molecular flexibility index (Phi) is 2.21. The van der Waals surface area contributed by atoms with Gasteiger partial charge in [-0.2, -0.15) is 0 Å². The van der Waals surface area contributed by atoms with E-state index in [1.165, 1.54) is 25.7 Å². The zero-order valence-corrected chi connectivity index (χ0v) is 10.6. The van der Waals surface area contributed by atoms with E-state index in [9.17, 15) is 0 Å². The number of aromatic nitrogens is 3. The average Bonchev–Trinajstić information content (AvgIpc) is 2.88. The molecule has 0 unspecified atom stereocenters. The summed E-state index contributed by atoms with van der Waals surface area (Å²) in [7, 11) is 0. The highest BCUT2D eigenvalue weighted by atomic mass is 15.2. The number of fused-ring (bicyclic) bond motifs is 3. The van der Waals surface area contributed by atoms with Gasteiger partial charge >= 0.3 is 0 Å². The third-order valence-electron chi connectivity index (χ3n) is 4.44. The Balaban J connectivity index is 1.80. The number of hydrogen-bond acceptors (Lipinski definition) is 3. The molecule has 0 saturated carbocycles. The van der Waals surface area contributed by atoms with Crippen molar-refractivity contribution in [1.29, 1.82) is 0 Å². The summed E-state index contributed by atoms with van der Waals surface area (Å²) in [5.74, 6) is 1.11. The lowest BCUT2D eigenvalue weighted by molar-refractivity contribution is 0.299. The standard InChI is InChI=1S/C14H18N4/c1-9-16-13-3-2-6-15-14(13)18(9)12-7-10-4-5-11(8-12)17-10/h2-3,6,10-12,17H,4-5,7-8H2,1H3/t10-,11+,12+. The van der Waals surface area contributed by atoms with Crippen molar-refractivity contribution in [2.45, 2.75) is 50.7 Å². The van der Waals surface area contributed by atoms with Gasteiger partial charge in [-0.3, -0.25) is 0 Å². The van der Waals surface area contributed by atoms with Crippen LogP contribution < -0.4 is 5.32 Å². The van der Waals surface area contributed by atoms with E-state index < -0.39 is 0 Å². The fourth-order valence-electron chi connectivity index (χ4n) is 3.72. The SMILES string of the molecule is Cc1nc2cccnc2n1[C@H]1C[C@H]2CC[C@@H](C1)N2. The number of hydrogen-bond donors (Lipinski definition) is 1. The zero-order chi connectivity index (χ0) is 12.1. The van der Waals surface area contributed by atoms with Crippen LogP contribution in [-0.2, 0) is 0 Å². The summed E-state index contributed by atoms with van der Waals surface area (Å²) < 4.78 is 2.36. The highest BCUT2D eigenvalue weighted by Crippen LogP contribution is 2.35. The van der Waals surface area contributed by atoms with Crippen molar-refractivity contribution in [2.75, 3.05) is 0 Å². The number of rotatable bonds is 1. The molecule has 2 aliphatic rings. The third kappa shape index (κ3) is 1.48. The van der Waals surface area contributed by atoms with E-state index in [-0.39, 0.29) is 0 Å². The first-order chi connectivity index (χ1) is 8.81. The highest BCUT2D eigenvalue weighted by Gasteiger charge is 2.35. The number of imidazole rings is 1. The number of nitrogens with zero attached hydrogens (tertiary/aromatic N) is 3. The zero-order valence-electron chi connectivity index (χ0n) is 10.6. The summed E-state index contributed by atoms with van der Waals surface area (Å²) in [5, 5.41) is 3.70. The summed E-state index contributed by atoms with van der Waals surface area (Å²) in [4.78, 5) is 9.17. The lowest BCUT2D eigenvalue weighted by Crippen LogP contribution is -2.39. The largest absolute Gasteiger partial charge is 0.311 e. The Morgan fingerprint density at radius 3 is 2.83 bits per heavy atom. The molecule has 2 bridgehead atoms. The van der Waals surface area contributed by atoms with Crippen molar-refractivity contribution in [3.63, 3.8) is 0 Å². The van der Waals surface area contributed by atoms with Gasteiger partial charge in [-0.25, -0.2) is 9.97 Å². The molecule has 0 radical (unpaired) electrons. The predicted molar refractivity (Wildman–Crippen MR) is 70.5 cm³/mol. The number of aryl methyl sites for hydroxylation is 1. The maximum absolute atomic E-state index is 4.64. The fraction of sp³-hybridized carbons (Fsp3) is 0.571. The van der Waals surface area contributed by atoms with Crippen LogP contribution >= 0.6 is 0 Å². The Hall–Kier alpha value is -1.42. The van der Waals surface area contributed by atoms with Crippen molar-refractivity contribution < 1.29 is 0 Å². The van der Waals surface area contributed by atoms with Gasteiger partial charge < -0.3 is 9.88 Å². The number of piperidine rings is 1. The van der Waals surface area contributed by atoms with E-state index in [1.54, 1.807) is 0 Å². The van der Waals surface area contributed by atoms with Crippen LogP contribution in [0.1, 0.15) is 37.5 Å². The minimum atomic E-state index is 0.573. The van der Waals surface area contributed by atoms with E-state index in [0.717, 1.165) is 17.0 Å². The molecule has 18 heavy (non-hydrogen) atoms. The monoisotopic (exact) mass is 242 g/mol. The van der Waals surface area contributed by atoms with Gasteiger partial charge in [-0.1, -0.05) is 0 Å². The molecule has 3 atom stereocenters. The van der Waals surface area contributed by atoms with Crippen molar-refractivity contribution in [3.05, 3.63) is 24.2 Å². The minimum Gasteiger partial charge on any atom is -0.311 e. The Morgan fingerprint density at radius 1 is 1.28 bits per heavy atom. The lowest BCUT2D eigenvalue weighted by Gasteiger charge is -2.30. The quantitative estimate of drug-likeness (QED) is 0.833. The summed E-state index contributed by atoms with van der Waals surface area (Å²) in [6.45, 7) is 2.10. The smallest absolute Gasteiger partial charge is 0.160 e. The Morgan fingerprint density at radius 2 is 2.06 bits per heavy atom. The summed E-state index contributed by atoms with van der Waals surface area (Å²) >= 11 is 0.